The van der Waals surface area contributed by atoms with Gasteiger partial charge in [-0.05, 0) is 12.1 Å². The quantitative estimate of drug-likeness (QED) is 0.711. The van der Waals surface area contributed by atoms with E-state index in [1.54, 1.807) is 24.3 Å². The summed E-state index contributed by atoms with van der Waals surface area (Å²) in [5.74, 6) is -0.994. The zero-order chi connectivity index (χ0) is 10.8. The van der Waals surface area contributed by atoms with Gasteiger partial charge in [0.2, 0.25) is 0 Å². The number of furan rings is 1. The van der Waals surface area contributed by atoms with Crippen molar-refractivity contribution in [3.8, 4) is 0 Å². The maximum absolute atomic E-state index is 13.6. The molecule has 1 aromatic heterocycles. The third kappa shape index (κ3) is 1.70. The van der Waals surface area contributed by atoms with E-state index in [9.17, 15) is 9.18 Å². The normalized spacial score (nSPS) is 10.5. The molecule has 2 aromatic rings. The molecule has 3 nitrogen and oxygen atoms in total. The molecule has 0 aliphatic heterocycles. The fraction of sp³-hybridized carbons (Fsp3) is 0.182. The maximum atomic E-state index is 13.6. The van der Waals surface area contributed by atoms with Crippen LogP contribution in [0.15, 0.2) is 28.7 Å². The van der Waals surface area contributed by atoms with E-state index < -0.39 is 11.8 Å². The van der Waals surface area contributed by atoms with Gasteiger partial charge >= 0.3 is 5.97 Å². The Hall–Kier alpha value is -1.84. The fourth-order valence-corrected chi connectivity index (χ4v) is 1.38. The van der Waals surface area contributed by atoms with Crippen LogP contribution in [0.2, 0.25) is 0 Å². The van der Waals surface area contributed by atoms with E-state index in [1.807, 2.05) is 0 Å². The van der Waals surface area contributed by atoms with Crippen molar-refractivity contribution in [2.24, 2.45) is 0 Å². The first-order valence-electron chi connectivity index (χ1n) is 4.45. The lowest BCUT2D eigenvalue weighted by Gasteiger charge is -1.94. The molecule has 0 atom stereocenters. The van der Waals surface area contributed by atoms with Crippen LogP contribution in [0.1, 0.15) is 5.76 Å². The highest BCUT2D eigenvalue weighted by Crippen LogP contribution is 2.24. The number of fused-ring (bicyclic) bond motifs is 1. The second-order valence-corrected chi connectivity index (χ2v) is 3.09. The molecule has 0 fully saturated rings. The number of ether oxygens (including phenoxy) is 1. The van der Waals surface area contributed by atoms with Crippen molar-refractivity contribution in [2.75, 3.05) is 7.11 Å². The van der Waals surface area contributed by atoms with Gasteiger partial charge in [0.15, 0.2) is 11.6 Å². The molecule has 2 rings (SSSR count). The van der Waals surface area contributed by atoms with Crippen LogP contribution in [0.3, 0.4) is 0 Å². The lowest BCUT2D eigenvalue weighted by molar-refractivity contribution is -0.140. The van der Waals surface area contributed by atoms with Gasteiger partial charge in [-0.1, -0.05) is 12.1 Å². The second kappa shape index (κ2) is 3.73. The van der Waals surface area contributed by atoms with Gasteiger partial charge < -0.3 is 9.15 Å². The van der Waals surface area contributed by atoms with Gasteiger partial charge in [-0.2, -0.15) is 0 Å². The monoisotopic (exact) mass is 208 g/mol. The van der Waals surface area contributed by atoms with Gasteiger partial charge in [0.25, 0.3) is 0 Å². The van der Waals surface area contributed by atoms with Crippen molar-refractivity contribution in [1.82, 2.24) is 0 Å². The molecular formula is C11H9FO3. The van der Waals surface area contributed by atoms with Crippen molar-refractivity contribution < 1.29 is 18.3 Å². The molecular weight excluding hydrogens is 199 g/mol. The number of carbonyl (C=O) groups is 1. The van der Waals surface area contributed by atoms with E-state index >= 15 is 0 Å². The number of carbonyl (C=O) groups excluding carboxylic acids is 1. The Morgan fingerprint density at radius 3 is 2.87 bits per heavy atom. The number of benzene rings is 1. The Bertz CT molecular complexity index is 502. The molecule has 78 valence electrons. The molecule has 0 unspecified atom stereocenters. The fourth-order valence-electron chi connectivity index (χ4n) is 1.38. The summed E-state index contributed by atoms with van der Waals surface area (Å²) < 4.78 is 23.3. The molecule has 1 aromatic carbocycles. The second-order valence-electron chi connectivity index (χ2n) is 3.09. The Labute approximate surface area is 85.4 Å². The summed E-state index contributed by atoms with van der Waals surface area (Å²) in [6, 6.07) is 6.71. The molecule has 0 saturated heterocycles. The highest BCUT2D eigenvalue weighted by Gasteiger charge is 2.16. The van der Waals surface area contributed by atoms with Gasteiger partial charge in [-0.3, -0.25) is 4.79 Å². The summed E-state index contributed by atoms with van der Waals surface area (Å²) in [4.78, 5) is 11.0. The smallest absolute Gasteiger partial charge is 0.313 e. The molecule has 0 radical (unpaired) electrons. The molecule has 0 spiro atoms. The molecule has 15 heavy (non-hydrogen) atoms. The van der Waals surface area contributed by atoms with Crippen LogP contribution in [-0.4, -0.2) is 13.1 Å². The van der Waals surface area contributed by atoms with E-state index in [2.05, 4.69) is 4.74 Å². The van der Waals surface area contributed by atoms with Gasteiger partial charge in [0.05, 0.1) is 12.5 Å². The topological polar surface area (TPSA) is 39.4 Å². The zero-order valence-corrected chi connectivity index (χ0v) is 8.12. The first kappa shape index (κ1) is 9.71. The van der Waals surface area contributed by atoms with E-state index in [-0.39, 0.29) is 12.2 Å². The van der Waals surface area contributed by atoms with Crippen LogP contribution in [-0.2, 0) is 16.0 Å². The Morgan fingerprint density at radius 2 is 2.20 bits per heavy atom. The minimum absolute atomic E-state index is 0.0167. The third-order valence-electron chi connectivity index (χ3n) is 2.13. The minimum atomic E-state index is -0.520. The SMILES string of the molecule is COC(=O)Cc1oc2ccccc2c1F. The van der Waals surface area contributed by atoms with Gasteiger partial charge in [-0.15, -0.1) is 0 Å². The highest BCUT2D eigenvalue weighted by molar-refractivity contribution is 5.80. The summed E-state index contributed by atoms with van der Waals surface area (Å²) in [6.07, 6.45) is -0.184. The van der Waals surface area contributed by atoms with Crippen molar-refractivity contribution in [2.45, 2.75) is 6.42 Å². The molecule has 0 aliphatic carbocycles. The Balaban J connectivity index is 2.44. The molecule has 0 amide bonds. The average molecular weight is 208 g/mol. The van der Waals surface area contributed by atoms with Crippen molar-refractivity contribution >= 4 is 16.9 Å². The van der Waals surface area contributed by atoms with Gasteiger partial charge in [-0.25, -0.2) is 4.39 Å². The Kier molecular flexibility index (Phi) is 2.41. The molecule has 0 bridgehead atoms. The first-order valence-corrected chi connectivity index (χ1v) is 4.45. The summed E-state index contributed by atoms with van der Waals surface area (Å²) in [6.45, 7) is 0. The largest absolute Gasteiger partial charge is 0.469 e. The summed E-state index contributed by atoms with van der Waals surface area (Å²) in [5.41, 5.74) is 0.439. The van der Waals surface area contributed by atoms with Gasteiger partial charge in [0.1, 0.15) is 12.0 Å². The number of rotatable bonds is 2. The number of methoxy groups -OCH3 is 1. The van der Waals surface area contributed by atoms with Crippen LogP contribution in [0.5, 0.6) is 0 Å². The van der Waals surface area contributed by atoms with Crippen LogP contribution in [0.25, 0.3) is 11.0 Å². The van der Waals surface area contributed by atoms with Crippen LogP contribution in [0.4, 0.5) is 4.39 Å². The third-order valence-corrected chi connectivity index (χ3v) is 2.13. The summed E-state index contributed by atoms with van der Waals surface area (Å²) in [5, 5.41) is 0.386. The lowest BCUT2D eigenvalue weighted by Crippen LogP contribution is -2.04. The average Bonchev–Trinajstić information content (AvgIpc) is 2.57. The molecule has 0 saturated carbocycles. The lowest BCUT2D eigenvalue weighted by atomic mass is 10.2. The number of halogens is 1. The summed E-state index contributed by atoms with van der Waals surface area (Å²) >= 11 is 0. The predicted octanol–water partition coefficient (Wildman–Crippen LogP) is 2.29. The highest BCUT2D eigenvalue weighted by atomic mass is 19.1. The van der Waals surface area contributed by atoms with Crippen molar-refractivity contribution in [3.63, 3.8) is 0 Å². The maximum Gasteiger partial charge on any atom is 0.313 e. The number of para-hydroxylation sites is 1. The number of hydrogen-bond acceptors (Lipinski definition) is 3. The Morgan fingerprint density at radius 1 is 1.47 bits per heavy atom. The number of esters is 1. The van der Waals surface area contributed by atoms with Crippen LogP contribution < -0.4 is 0 Å². The minimum Gasteiger partial charge on any atom is -0.469 e. The van der Waals surface area contributed by atoms with Crippen LogP contribution in [0, 0.1) is 5.82 Å². The van der Waals surface area contributed by atoms with Gasteiger partial charge in [0, 0.05) is 0 Å². The van der Waals surface area contributed by atoms with E-state index in [0.717, 1.165) is 0 Å². The first-order chi connectivity index (χ1) is 7.22. The van der Waals surface area contributed by atoms with Crippen molar-refractivity contribution in [1.29, 1.82) is 0 Å². The summed E-state index contributed by atoms with van der Waals surface area (Å²) in [7, 11) is 1.25. The molecule has 4 heteroatoms. The predicted molar refractivity (Wildman–Crippen MR) is 51.9 cm³/mol. The van der Waals surface area contributed by atoms with E-state index in [1.165, 1.54) is 7.11 Å². The van der Waals surface area contributed by atoms with E-state index in [0.29, 0.717) is 11.0 Å². The molecule has 1 heterocycles. The zero-order valence-electron chi connectivity index (χ0n) is 8.12. The molecule has 0 aliphatic rings. The van der Waals surface area contributed by atoms with E-state index in [4.69, 9.17) is 4.42 Å². The standard InChI is InChI=1S/C11H9FO3/c1-14-10(13)6-9-11(12)7-4-2-3-5-8(7)15-9/h2-5H,6H2,1H3. The number of hydrogen-bond donors (Lipinski definition) is 0. The van der Waals surface area contributed by atoms with Crippen molar-refractivity contribution in [3.05, 3.63) is 35.8 Å². The van der Waals surface area contributed by atoms with Crippen LogP contribution >= 0.6 is 0 Å². The molecule has 0 N–H and O–H groups in total.